The number of aromatic nitrogens is 1. The Balaban J connectivity index is 1.74. The van der Waals surface area contributed by atoms with E-state index in [1.807, 2.05) is 18.2 Å². The zero-order chi connectivity index (χ0) is 14.4. The molecule has 21 heavy (non-hydrogen) atoms. The third kappa shape index (κ3) is 2.07. The summed E-state index contributed by atoms with van der Waals surface area (Å²) in [6.45, 7) is 0. The van der Waals surface area contributed by atoms with E-state index in [1.54, 1.807) is 12.3 Å². The fourth-order valence-electron chi connectivity index (χ4n) is 2.97. The van der Waals surface area contributed by atoms with Gasteiger partial charge >= 0.3 is 0 Å². The summed E-state index contributed by atoms with van der Waals surface area (Å²) in [7, 11) is 0. The Morgan fingerprint density at radius 3 is 3.10 bits per heavy atom. The predicted octanol–water partition coefficient (Wildman–Crippen LogP) is 4.35. The predicted molar refractivity (Wildman–Crippen MR) is 81.4 cm³/mol. The molecule has 1 aromatic carbocycles. The normalized spacial score (nSPS) is 17.1. The lowest BCUT2D eigenvalue weighted by Gasteiger charge is -2.07. The Hall–Kier alpha value is -2.07. The van der Waals surface area contributed by atoms with Gasteiger partial charge < -0.3 is 0 Å². The van der Waals surface area contributed by atoms with E-state index in [-0.39, 0.29) is 17.5 Å². The van der Waals surface area contributed by atoms with Gasteiger partial charge in [0.15, 0.2) is 5.78 Å². The van der Waals surface area contributed by atoms with Gasteiger partial charge in [-0.1, -0.05) is 12.1 Å². The zero-order valence-electron chi connectivity index (χ0n) is 11.2. The molecule has 0 saturated heterocycles. The maximum atomic E-state index is 13.3. The molecule has 0 radical (unpaired) electrons. The molecule has 1 unspecified atom stereocenters. The Kier molecular flexibility index (Phi) is 2.86. The second kappa shape index (κ2) is 4.74. The number of halogens is 1. The molecule has 0 saturated carbocycles. The van der Waals surface area contributed by atoms with Gasteiger partial charge in [0.05, 0.1) is 16.5 Å². The first-order valence-corrected chi connectivity index (χ1v) is 7.71. The number of fused-ring (bicyclic) bond motifs is 2. The van der Waals surface area contributed by atoms with Gasteiger partial charge in [-0.15, -0.1) is 11.3 Å². The molecular weight excluding hydrogens is 285 g/mol. The Labute approximate surface area is 125 Å². The number of aryl methyl sites for hydroxylation is 1. The van der Waals surface area contributed by atoms with Crippen LogP contribution in [0.15, 0.2) is 42.6 Å². The van der Waals surface area contributed by atoms with Crippen molar-refractivity contribution in [1.82, 2.24) is 4.98 Å². The van der Waals surface area contributed by atoms with Crippen molar-refractivity contribution in [3.8, 4) is 0 Å². The zero-order valence-corrected chi connectivity index (χ0v) is 12.0. The average molecular weight is 297 g/mol. The third-order valence-electron chi connectivity index (χ3n) is 4.00. The van der Waals surface area contributed by atoms with Crippen LogP contribution in [0.25, 0.3) is 10.1 Å². The molecule has 4 heteroatoms. The first-order valence-electron chi connectivity index (χ1n) is 6.89. The first kappa shape index (κ1) is 12.7. The van der Waals surface area contributed by atoms with Crippen molar-refractivity contribution in [3.05, 3.63) is 64.5 Å². The Bertz CT molecular complexity index is 855. The molecule has 104 valence electrons. The van der Waals surface area contributed by atoms with Crippen molar-refractivity contribution in [3.63, 3.8) is 0 Å². The quantitative estimate of drug-likeness (QED) is 0.658. The number of Topliss-reactive ketones (excluding diaryl/α,β-unsaturated/α-hetero) is 1. The van der Waals surface area contributed by atoms with E-state index in [2.05, 4.69) is 4.98 Å². The highest BCUT2D eigenvalue weighted by atomic mass is 32.1. The lowest BCUT2D eigenvalue weighted by Crippen LogP contribution is -2.09. The van der Waals surface area contributed by atoms with Crippen LogP contribution in [0.2, 0.25) is 0 Å². The molecular formula is C17H12FNOS. The average Bonchev–Trinajstić information content (AvgIpc) is 3.09. The number of hydrogen-bond acceptors (Lipinski definition) is 3. The maximum absolute atomic E-state index is 13.3. The topological polar surface area (TPSA) is 30.0 Å². The maximum Gasteiger partial charge on any atom is 0.181 e. The van der Waals surface area contributed by atoms with Crippen LogP contribution in [0.4, 0.5) is 4.39 Å². The van der Waals surface area contributed by atoms with Gasteiger partial charge in [0, 0.05) is 10.9 Å². The fourth-order valence-corrected chi connectivity index (χ4v) is 4.05. The van der Waals surface area contributed by atoms with Crippen molar-refractivity contribution >= 4 is 27.2 Å². The number of hydrogen-bond donors (Lipinski definition) is 0. The van der Waals surface area contributed by atoms with Gasteiger partial charge in [0.25, 0.3) is 0 Å². The Morgan fingerprint density at radius 1 is 1.29 bits per heavy atom. The van der Waals surface area contributed by atoms with Crippen LogP contribution in [-0.4, -0.2) is 10.8 Å². The monoisotopic (exact) mass is 297 g/mol. The van der Waals surface area contributed by atoms with Gasteiger partial charge in [-0.2, -0.15) is 0 Å². The lowest BCUT2D eigenvalue weighted by molar-refractivity contribution is 0.0962. The van der Waals surface area contributed by atoms with E-state index < -0.39 is 0 Å². The van der Waals surface area contributed by atoms with Crippen LogP contribution in [0.3, 0.4) is 0 Å². The number of ketones is 1. The van der Waals surface area contributed by atoms with E-state index in [0.717, 1.165) is 28.6 Å². The number of benzene rings is 1. The standard InChI is InChI=1S/C17H12FNOS/c18-12-5-3-11-8-15(21-14(11)9-12)17(20)13-6-4-10-2-1-7-19-16(10)13/h1-3,5,7-9,13H,4,6H2. The molecule has 1 aliphatic rings. The molecule has 3 aromatic rings. The van der Waals surface area contributed by atoms with Crippen LogP contribution in [0.5, 0.6) is 0 Å². The van der Waals surface area contributed by atoms with Gasteiger partial charge in [0.1, 0.15) is 5.82 Å². The minimum atomic E-state index is -0.267. The molecule has 2 aromatic heterocycles. The van der Waals surface area contributed by atoms with E-state index in [0.29, 0.717) is 4.88 Å². The van der Waals surface area contributed by atoms with E-state index in [9.17, 15) is 9.18 Å². The summed E-state index contributed by atoms with van der Waals surface area (Å²) in [6, 6.07) is 10.4. The molecule has 0 aliphatic heterocycles. The van der Waals surface area contributed by atoms with Gasteiger partial charge in [-0.3, -0.25) is 9.78 Å². The first-order chi connectivity index (χ1) is 10.2. The van der Waals surface area contributed by atoms with Crippen molar-refractivity contribution in [2.24, 2.45) is 0 Å². The number of rotatable bonds is 2. The summed E-state index contributed by atoms with van der Waals surface area (Å²) in [4.78, 5) is 17.8. The Morgan fingerprint density at radius 2 is 2.19 bits per heavy atom. The molecule has 2 heterocycles. The van der Waals surface area contributed by atoms with Crippen LogP contribution in [0, 0.1) is 5.82 Å². The SMILES string of the molecule is O=C(c1cc2ccc(F)cc2s1)C1CCc2cccnc21. The molecule has 1 aliphatic carbocycles. The number of thiophene rings is 1. The highest BCUT2D eigenvalue weighted by molar-refractivity contribution is 7.20. The number of nitrogens with zero attached hydrogens (tertiary/aromatic N) is 1. The van der Waals surface area contributed by atoms with Gasteiger partial charge in [-0.05, 0) is 48.1 Å². The minimum absolute atomic E-state index is 0.106. The van der Waals surface area contributed by atoms with E-state index >= 15 is 0 Å². The number of carbonyl (C=O) groups excluding carboxylic acids is 1. The molecule has 0 fully saturated rings. The summed E-state index contributed by atoms with van der Waals surface area (Å²) >= 11 is 1.36. The van der Waals surface area contributed by atoms with Crippen molar-refractivity contribution in [2.75, 3.05) is 0 Å². The van der Waals surface area contributed by atoms with Crippen LogP contribution in [-0.2, 0) is 6.42 Å². The fraction of sp³-hybridized carbons (Fsp3) is 0.176. The van der Waals surface area contributed by atoms with E-state index in [4.69, 9.17) is 0 Å². The number of carbonyl (C=O) groups is 1. The summed E-state index contributed by atoms with van der Waals surface area (Å²) in [6.07, 6.45) is 3.46. The molecule has 2 nitrogen and oxygen atoms in total. The molecule has 0 amide bonds. The van der Waals surface area contributed by atoms with Crippen LogP contribution < -0.4 is 0 Å². The third-order valence-corrected chi connectivity index (χ3v) is 5.11. The van der Waals surface area contributed by atoms with Crippen molar-refractivity contribution in [2.45, 2.75) is 18.8 Å². The van der Waals surface area contributed by atoms with Gasteiger partial charge in [-0.25, -0.2) is 4.39 Å². The highest BCUT2D eigenvalue weighted by Gasteiger charge is 2.31. The summed E-state index contributed by atoms with van der Waals surface area (Å²) in [5.41, 5.74) is 2.08. The largest absolute Gasteiger partial charge is 0.293 e. The molecule has 0 spiro atoms. The van der Waals surface area contributed by atoms with Crippen LogP contribution in [0.1, 0.15) is 33.3 Å². The van der Waals surface area contributed by atoms with E-state index in [1.165, 1.54) is 29.0 Å². The van der Waals surface area contributed by atoms with Crippen LogP contribution >= 0.6 is 11.3 Å². The molecule has 0 bridgehead atoms. The van der Waals surface area contributed by atoms with Crippen molar-refractivity contribution in [1.29, 1.82) is 0 Å². The molecule has 1 atom stereocenters. The minimum Gasteiger partial charge on any atom is -0.293 e. The second-order valence-electron chi connectivity index (χ2n) is 5.30. The summed E-state index contributed by atoms with van der Waals surface area (Å²) in [5.74, 6) is -0.315. The smallest absolute Gasteiger partial charge is 0.181 e. The second-order valence-corrected chi connectivity index (χ2v) is 6.38. The summed E-state index contributed by atoms with van der Waals surface area (Å²) < 4.78 is 14.1. The lowest BCUT2D eigenvalue weighted by atomic mass is 10.00. The number of pyridine rings is 1. The van der Waals surface area contributed by atoms with Crippen molar-refractivity contribution < 1.29 is 9.18 Å². The molecule has 4 rings (SSSR count). The molecule has 0 N–H and O–H groups in total. The van der Waals surface area contributed by atoms with Gasteiger partial charge in [0.2, 0.25) is 0 Å². The highest BCUT2D eigenvalue weighted by Crippen LogP contribution is 2.36. The summed E-state index contributed by atoms with van der Waals surface area (Å²) in [5, 5.41) is 0.920.